The molecule has 0 fully saturated rings. The van der Waals surface area contributed by atoms with Crippen molar-refractivity contribution >= 4 is 11.4 Å². The van der Waals surface area contributed by atoms with E-state index in [2.05, 4.69) is 91.0 Å². The van der Waals surface area contributed by atoms with Crippen molar-refractivity contribution in [1.29, 1.82) is 0 Å². The molecule has 0 spiro atoms. The van der Waals surface area contributed by atoms with Gasteiger partial charge in [-0.05, 0) is 64.1 Å². The van der Waals surface area contributed by atoms with Crippen molar-refractivity contribution in [2.24, 2.45) is 0 Å². The van der Waals surface area contributed by atoms with Crippen molar-refractivity contribution in [2.45, 2.75) is 34.3 Å². The number of nitrogens with zero attached hydrogens (tertiary/aromatic N) is 3. The zero-order valence-electron chi connectivity index (χ0n) is 23.0. The standard InChI is InChI=1S/C31H38N4O3/c1-6-34(7-2)25-14-10-21(11-15-25)28-29(22-12-16-26(17-13-22)35(8-3)9-4)33-31(32-28)23-18-24(20-36)30(37)27(19-23)38-5/h10-19,36-37H,6-9,20H2,1-5H3,(H,32,33). The second kappa shape index (κ2) is 12.0. The van der Waals surface area contributed by atoms with Crippen LogP contribution in [0.25, 0.3) is 33.9 Å². The number of nitrogens with one attached hydrogen (secondary N) is 1. The lowest BCUT2D eigenvalue weighted by Crippen LogP contribution is -2.21. The van der Waals surface area contributed by atoms with Gasteiger partial charge in [-0.1, -0.05) is 24.3 Å². The summed E-state index contributed by atoms with van der Waals surface area (Å²) in [6.45, 7) is 12.1. The summed E-state index contributed by atoms with van der Waals surface area (Å²) in [5.41, 5.74) is 7.21. The first-order valence-corrected chi connectivity index (χ1v) is 13.3. The number of methoxy groups -OCH3 is 1. The molecule has 7 heteroatoms. The van der Waals surface area contributed by atoms with Gasteiger partial charge < -0.3 is 29.7 Å². The van der Waals surface area contributed by atoms with Gasteiger partial charge >= 0.3 is 0 Å². The van der Waals surface area contributed by atoms with E-state index in [-0.39, 0.29) is 12.4 Å². The van der Waals surface area contributed by atoms with Gasteiger partial charge in [0.2, 0.25) is 0 Å². The Morgan fingerprint density at radius 1 is 0.763 bits per heavy atom. The lowest BCUT2D eigenvalue weighted by atomic mass is 10.0. The molecule has 4 aromatic rings. The Kier molecular flexibility index (Phi) is 8.59. The van der Waals surface area contributed by atoms with Crippen molar-refractivity contribution in [2.75, 3.05) is 43.1 Å². The number of aromatic hydroxyl groups is 1. The highest BCUT2D eigenvalue weighted by Gasteiger charge is 2.19. The van der Waals surface area contributed by atoms with E-state index in [0.717, 1.165) is 54.3 Å². The van der Waals surface area contributed by atoms with Crippen molar-refractivity contribution in [1.82, 2.24) is 9.97 Å². The van der Waals surface area contributed by atoms with Crippen molar-refractivity contribution in [3.63, 3.8) is 0 Å². The van der Waals surface area contributed by atoms with E-state index in [1.165, 1.54) is 18.5 Å². The van der Waals surface area contributed by atoms with Gasteiger partial charge in [-0.15, -0.1) is 0 Å². The molecule has 7 nitrogen and oxygen atoms in total. The third-order valence-corrected chi connectivity index (χ3v) is 7.08. The molecule has 0 saturated carbocycles. The Morgan fingerprint density at radius 2 is 1.29 bits per heavy atom. The van der Waals surface area contributed by atoms with Crippen LogP contribution in [0.1, 0.15) is 33.3 Å². The molecule has 0 unspecified atom stereocenters. The lowest BCUT2D eigenvalue weighted by Gasteiger charge is -2.21. The van der Waals surface area contributed by atoms with Crippen LogP contribution in [0.3, 0.4) is 0 Å². The molecule has 0 amide bonds. The molecule has 0 aliphatic rings. The van der Waals surface area contributed by atoms with E-state index >= 15 is 0 Å². The molecule has 200 valence electrons. The van der Waals surface area contributed by atoms with Gasteiger partial charge in [0.25, 0.3) is 0 Å². The number of H-pyrrole nitrogens is 1. The minimum absolute atomic E-state index is 0.0651. The molecule has 1 aromatic heterocycles. The summed E-state index contributed by atoms with van der Waals surface area (Å²) in [7, 11) is 1.49. The normalized spacial score (nSPS) is 11.0. The van der Waals surface area contributed by atoms with Gasteiger partial charge in [-0.25, -0.2) is 4.98 Å². The number of ether oxygens (including phenoxy) is 1. The Bertz CT molecular complexity index is 1240. The predicted octanol–water partition coefficient (Wildman–Crippen LogP) is 6.31. The monoisotopic (exact) mass is 514 g/mol. The predicted molar refractivity (Wildman–Crippen MR) is 156 cm³/mol. The van der Waals surface area contributed by atoms with Gasteiger partial charge in [0.1, 0.15) is 5.82 Å². The Morgan fingerprint density at radius 3 is 1.76 bits per heavy atom. The van der Waals surface area contributed by atoms with Gasteiger partial charge in [0.05, 0.1) is 25.1 Å². The molecule has 0 atom stereocenters. The number of phenols is 1. The van der Waals surface area contributed by atoms with E-state index in [1.54, 1.807) is 12.1 Å². The summed E-state index contributed by atoms with van der Waals surface area (Å²) in [4.78, 5) is 13.2. The average Bonchev–Trinajstić information content (AvgIpc) is 3.41. The number of aromatic amines is 1. The van der Waals surface area contributed by atoms with Gasteiger partial charge in [0, 0.05) is 59.8 Å². The Labute approximate surface area is 225 Å². The maximum atomic E-state index is 10.4. The summed E-state index contributed by atoms with van der Waals surface area (Å²) < 4.78 is 5.36. The molecule has 3 N–H and O–H groups in total. The van der Waals surface area contributed by atoms with Crippen LogP contribution < -0.4 is 14.5 Å². The average molecular weight is 515 g/mol. The number of rotatable bonds is 11. The minimum Gasteiger partial charge on any atom is -0.504 e. The summed E-state index contributed by atoms with van der Waals surface area (Å²) in [6, 6.07) is 20.5. The summed E-state index contributed by atoms with van der Waals surface area (Å²) in [5, 5.41) is 20.2. The number of hydrogen-bond acceptors (Lipinski definition) is 6. The molecule has 0 aliphatic heterocycles. The van der Waals surface area contributed by atoms with Crippen molar-refractivity contribution < 1.29 is 14.9 Å². The fourth-order valence-electron chi connectivity index (χ4n) is 4.85. The summed E-state index contributed by atoms with van der Waals surface area (Å²) >= 11 is 0. The first-order valence-electron chi connectivity index (χ1n) is 13.3. The quantitative estimate of drug-likeness (QED) is 0.218. The number of hydrogen-bond donors (Lipinski definition) is 3. The van der Waals surface area contributed by atoms with Crippen LogP contribution in [-0.4, -0.2) is 53.5 Å². The molecule has 1 heterocycles. The van der Waals surface area contributed by atoms with Crippen LogP contribution in [0.4, 0.5) is 11.4 Å². The maximum Gasteiger partial charge on any atom is 0.163 e. The molecule has 4 rings (SSSR count). The molecular weight excluding hydrogens is 476 g/mol. The van der Waals surface area contributed by atoms with E-state index in [1.807, 2.05) is 0 Å². The smallest absolute Gasteiger partial charge is 0.163 e. The third kappa shape index (κ3) is 5.34. The third-order valence-electron chi connectivity index (χ3n) is 7.08. The van der Waals surface area contributed by atoms with Gasteiger partial charge in [-0.2, -0.15) is 0 Å². The van der Waals surface area contributed by atoms with Crippen LogP contribution in [0.2, 0.25) is 0 Å². The Hall–Kier alpha value is -3.97. The largest absolute Gasteiger partial charge is 0.504 e. The van der Waals surface area contributed by atoms with Crippen LogP contribution >= 0.6 is 0 Å². The Balaban J connectivity index is 1.84. The topological polar surface area (TPSA) is 84.9 Å². The SMILES string of the molecule is CCN(CC)c1ccc(-c2nc(-c3cc(CO)c(O)c(OC)c3)[nH]c2-c2ccc(N(CC)CC)cc2)cc1. The van der Waals surface area contributed by atoms with Crippen LogP contribution in [-0.2, 0) is 6.61 Å². The first-order chi connectivity index (χ1) is 18.5. The zero-order chi connectivity index (χ0) is 27.2. The van der Waals surface area contributed by atoms with E-state index in [0.29, 0.717) is 17.1 Å². The van der Waals surface area contributed by atoms with Gasteiger partial charge in [0.15, 0.2) is 11.5 Å². The number of anilines is 2. The van der Waals surface area contributed by atoms with Crippen LogP contribution in [0, 0.1) is 0 Å². The number of aliphatic hydroxyl groups is 1. The lowest BCUT2D eigenvalue weighted by molar-refractivity contribution is 0.272. The van der Waals surface area contributed by atoms with Crippen molar-refractivity contribution in [3.05, 3.63) is 66.2 Å². The maximum absolute atomic E-state index is 10.4. The number of imidazole rings is 1. The highest BCUT2D eigenvalue weighted by Crippen LogP contribution is 2.38. The molecule has 0 bridgehead atoms. The van der Waals surface area contributed by atoms with E-state index in [4.69, 9.17) is 9.72 Å². The molecule has 38 heavy (non-hydrogen) atoms. The summed E-state index contributed by atoms with van der Waals surface area (Å²) in [5.74, 6) is 0.853. The first kappa shape index (κ1) is 27.1. The molecule has 0 saturated heterocycles. The second-order valence-electron chi connectivity index (χ2n) is 9.09. The molecule has 0 aliphatic carbocycles. The minimum atomic E-state index is -0.309. The van der Waals surface area contributed by atoms with E-state index < -0.39 is 0 Å². The zero-order valence-corrected chi connectivity index (χ0v) is 23.0. The molecule has 3 aromatic carbocycles. The number of aliphatic hydroxyl groups excluding tert-OH is 1. The van der Waals surface area contributed by atoms with Crippen LogP contribution in [0.15, 0.2) is 60.7 Å². The highest BCUT2D eigenvalue weighted by atomic mass is 16.5. The fourth-order valence-corrected chi connectivity index (χ4v) is 4.85. The number of benzene rings is 3. The molecular formula is C31H38N4O3. The second-order valence-corrected chi connectivity index (χ2v) is 9.09. The highest BCUT2D eigenvalue weighted by molar-refractivity contribution is 5.83. The fraction of sp³-hybridized carbons (Fsp3) is 0.323. The summed E-state index contributed by atoms with van der Waals surface area (Å²) in [6.07, 6.45) is 0. The number of aromatic nitrogens is 2. The molecule has 0 radical (unpaired) electrons. The van der Waals surface area contributed by atoms with Crippen LogP contribution in [0.5, 0.6) is 11.5 Å². The van der Waals surface area contributed by atoms with Gasteiger partial charge in [-0.3, -0.25) is 0 Å². The van der Waals surface area contributed by atoms with Crippen molar-refractivity contribution in [3.8, 4) is 45.4 Å². The van der Waals surface area contributed by atoms with E-state index in [9.17, 15) is 10.2 Å².